The van der Waals surface area contributed by atoms with Crippen LogP contribution in [0.1, 0.15) is 24.0 Å². The minimum Gasteiger partial charge on any atom is -0.334 e. The molecule has 0 spiro atoms. The van der Waals surface area contributed by atoms with Gasteiger partial charge in [0, 0.05) is 32.1 Å². The third kappa shape index (κ3) is 5.23. The second-order valence-electron chi connectivity index (χ2n) is 7.78. The number of hydrogen-bond donors (Lipinski definition) is 0. The average molecular weight is 455 g/mol. The van der Waals surface area contributed by atoms with E-state index in [1.165, 1.54) is 15.6 Å². The van der Waals surface area contributed by atoms with Crippen LogP contribution in [-0.2, 0) is 27.9 Å². The first kappa shape index (κ1) is 21.7. The molecule has 0 bridgehead atoms. The summed E-state index contributed by atoms with van der Waals surface area (Å²) in [6, 6.07) is 23.4. The second-order valence-corrected chi connectivity index (χ2v) is 10.9. The number of rotatable bonds is 7. The highest BCUT2D eigenvalue weighted by atomic mass is 32.2. The van der Waals surface area contributed by atoms with Gasteiger partial charge in [0.15, 0.2) is 0 Å². The zero-order valence-electron chi connectivity index (χ0n) is 17.3. The van der Waals surface area contributed by atoms with E-state index in [0.29, 0.717) is 43.2 Å². The summed E-state index contributed by atoms with van der Waals surface area (Å²) in [4.78, 5) is 15.4. The number of benzene rings is 2. The van der Waals surface area contributed by atoms with Crippen molar-refractivity contribution >= 4 is 27.3 Å². The molecule has 162 valence electrons. The molecule has 0 unspecified atom stereocenters. The van der Waals surface area contributed by atoms with Gasteiger partial charge in [-0.25, -0.2) is 8.42 Å². The summed E-state index contributed by atoms with van der Waals surface area (Å²) in [5.41, 5.74) is 2.17. The van der Waals surface area contributed by atoms with Crippen molar-refractivity contribution in [2.24, 2.45) is 5.92 Å². The fourth-order valence-electron chi connectivity index (χ4n) is 3.96. The van der Waals surface area contributed by atoms with E-state index >= 15 is 0 Å². The van der Waals surface area contributed by atoms with Gasteiger partial charge in [-0.3, -0.25) is 4.79 Å². The number of thiophene rings is 1. The van der Waals surface area contributed by atoms with E-state index in [4.69, 9.17) is 0 Å². The molecule has 3 aromatic rings. The quantitative estimate of drug-likeness (QED) is 0.532. The van der Waals surface area contributed by atoms with Crippen LogP contribution in [0.2, 0.25) is 0 Å². The molecule has 4 rings (SSSR count). The molecule has 0 saturated carbocycles. The standard InChI is InChI=1S/C24H26N2O3S2/c27-24(22-13-15-26(16-14-22)31(28,29)23-12-7-17-30-23)25(18-20-8-3-1-4-9-20)19-21-10-5-2-6-11-21/h1-12,17,22H,13-16,18-19H2. The van der Waals surface area contributed by atoms with E-state index in [0.717, 1.165) is 11.1 Å². The summed E-state index contributed by atoms with van der Waals surface area (Å²) >= 11 is 1.23. The molecule has 1 aliphatic heterocycles. The maximum absolute atomic E-state index is 13.5. The van der Waals surface area contributed by atoms with Gasteiger partial charge < -0.3 is 4.90 Å². The van der Waals surface area contributed by atoms with Crippen LogP contribution in [0.4, 0.5) is 0 Å². The number of amides is 1. The van der Waals surface area contributed by atoms with Crippen LogP contribution in [0.15, 0.2) is 82.4 Å². The number of carbonyl (C=O) groups is 1. The number of sulfonamides is 1. The predicted molar refractivity (Wildman–Crippen MR) is 123 cm³/mol. The third-order valence-electron chi connectivity index (χ3n) is 5.64. The highest BCUT2D eigenvalue weighted by Gasteiger charge is 2.34. The van der Waals surface area contributed by atoms with Crippen LogP contribution in [0.5, 0.6) is 0 Å². The normalized spacial score (nSPS) is 15.6. The van der Waals surface area contributed by atoms with Crippen molar-refractivity contribution in [3.05, 3.63) is 89.3 Å². The van der Waals surface area contributed by atoms with E-state index in [9.17, 15) is 13.2 Å². The monoisotopic (exact) mass is 454 g/mol. The molecule has 0 aliphatic carbocycles. The number of carbonyl (C=O) groups excluding carboxylic acids is 1. The Morgan fingerprint density at radius 3 is 1.90 bits per heavy atom. The fraction of sp³-hybridized carbons (Fsp3) is 0.292. The zero-order valence-corrected chi connectivity index (χ0v) is 18.9. The summed E-state index contributed by atoms with van der Waals surface area (Å²) in [6.45, 7) is 1.84. The lowest BCUT2D eigenvalue weighted by molar-refractivity contribution is -0.138. The molecule has 5 nitrogen and oxygen atoms in total. The van der Waals surface area contributed by atoms with E-state index in [2.05, 4.69) is 0 Å². The van der Waals surface area contributed by atoms with Crippen molar-refractivity contribution in [2.75, 3.05) is 13.1 Å². The first-order chi connectivity index (χ1) is 15.0. The Hall–Kier alpha value is -2.48. The van der Waals surface area contributed by atoms with Crippen LogP contribution >= 0.6 is 11.3 Å². The number of piperidine rings is 1. The SMILES string of the molecule is O=C(C1CCN(S(=O)(=O)c2cccs2)CC1)N(Cc1ccccc1)Cc1ccccc1. The second kappa shape index (κ2) is 9.77. The van der Waals surface area contributed by atoms with Gasteiger partial charge in [0.2, 0.25) is 5.91 Å². The number of nitrogens with zero attached hydrogens (tertiary/aromatic N) is 2. The van der Waals surface area contributed by atoms with Gasteiger partial charge in [-0.05, 0) is 35.4 Å². The Morgan fingerprint density at radius 2 is 1.42 bits per heavy atom. The molecule has 1 aromatic heterocycles. The minimum atomic E-state index is -3.46. The van der Waals surface area contributed by atoms with Crippen LogP contribution in [0, 0.1) is 5.92 Å². The van der Waals surface area contributed by atoms with Crippen molar-refractivity contribution in [1.29, 1.82) is 0 Å². The van der Waals surface area contributed by atoms with Crippen LogP contribution in [0.25, 0.3) is 0 Å². The number of hydrogen-bond acceptors (Lipinski definition) is 4. The molecule has 2 aromatic carbocycles. The molecule has 31 heavy (non-hydrogen) atoms. The van der Waals surface area contributed by atoms with Crippen LogP contribution in [0.3, 0.4) is 0 Å². The molecule has 2 heterocycles. The van der Waals surface area contributed by atoms with Gasteiger partial charge in [0.1, 0.15) is 4.21 Å². The topological polar surface area (TPSA) is 57.7 Å². The molecule has 1 aliphatic rings. The molecule has 0 N–H and O–H groups in total. The van der Waals surface area contributed by atoms with Crippen molar-refractivity contribution in [3.8, 4) is 0 Å². The molecule has 7 heteroatoms. The molecule has 1 fully saturated rings. The van der Waals surface area contributed by atoms with Gasteiger partial charge in [-0.15, -0.1) is 11.3 Å². The first-order valence-electron chi connectivity index (χ1n) is 10.4. The first-order valence-corrected chi connectivity index (χ1v) is 12.8. The zero-order chi connectivity index (χ0) is 21.7. The lowest BCUT2D eigenvalue weighted by Gasteiger charge is -2.33. The highest BCUT2D eigenvalue weighted by molar-refractivity contribution is 7.91. The summed E-state index contributed by atoms with van der Waals surface area (Å²) in [6.07, 6.45) is 1.09. The van der Waals surface area contributed by atoms with Crippen LogP contribution < -0.4 is 0 Å². The molecule has 0 radical (unpaired) electrons. The molecular weight excluding hydrogens is 428 g/mol. The van der Waals surface area contributed by atoms with Gasteiger partial charge >= 0.3 is 0 Å². The van der Waals surface area contributed by atoms with Gasteiger partial charge in [-0.1, -0.05) is 66.7 Å². The van der Waals surface area contributed by atoms with Gasteiger partial charge in [0.05, 0.1) is 0 Å². The lowest BCUT2D eigenvalue weighted by Crippen LogP contribution is -2.43. The molecule has 0 atom stereocenters. The summed E-state index contributed by atoms with van der Waals surface area (Å²) < 4.78 is 27.4. The summed E-state index contributed by atoms with van der Waals surface area (Å²) in [5, 5.41) is 1.77. The van der Waals surface area contributed by atoms with E-state index in [1.54, 1.807) is 17.5 Å². The predicted octanol–water partition coefficient (Wildman–Crippen LogP) is 4.38. The van der Waals surface area contributed by atoms with E-state index in [-0.39, 0.29) is 11.8 Å². The summed E-state index contributed by atoms with van der Waals surface area (Å²) in [7, 11) is -3.46. The fourth-order valence-corrected chi connectivity index (χ4v) is 6.57. The largest absolute Gasteiger partial charge is 0.334 e. The minimum absolute atomic E-state index is 0.0980. The van der Waals surface area contributed by atoms with Crippen LogP contribution in [-0.4, -0.2) is 36.6 Å². The maximum atomic E-state index is 13.5. The maximum Gasteiger partial charge on any atom is 0.252 e. The third-order valence-corrected chi connectivity index (χ3v) is 8.91. The molecular formula is C24H26N2O3S2. The lowest BCUT2D eigenvalue weighted by atomic mass is 9.96. The molecule has 1 saturated heterocycles. The smallest absolute Gasteiger partial charge is 0.252 e. The Balaban J connectivity index is 1.45. The summed E-state index contributed by atoms with van der Waals surface area (Å²) in [5.74, 6) is -0.0666. The van der Waals surface area contributed by atoms with Crippen molar-refractivity contribution in [1.82, 2.24) is 9.21 Å². The average Bonchev–Trinajstić information content (AvgIpc) is 3.36. The Kier molecular flexibility index (Phi) is 6.85. The van der Waals surface area contributed by atoms with E-state index in [1.807, 2.05) is 65.6 Å². The van der Waals surface area contributed by atoms with Gasteiger partial charge in [-0.2, -0.15) is 4.31 Å². The van der Waals surface area contributed by atoms with E-state index < -0.39 is 10.0 Å². The van der Waals surface area contributed by atoms with Crippen molar-refractivity contribution < 1.29 is 13.2 Å². The highest BCUT2D eigenvalue weighted by Crippen LogP contribution is 2.28. The Morgan fingerprint density at radius 1 is 0.871 bits per heavy atom. The Labute approximate surface area is 188 Å². The van der Waals surface area contributed by atoms with Crippen molar-refractivity contribution in [3.63, 3.8) is 0 Å². The van der Waals surface area contributed by atoms with Crippen molar-refractivity contribution in [2.45, 2.75) is 30.1 Å². The molecule has 1 amide bonds. The Bertz CT molecular complexity index is 1030. The van der Waals surface area contributed by atoms with Gasteiger partial charge in [0.25, 0.3) is 10.0 Å².